The molecule has 1 aliphatic heterocycles. The van der Waals surface area contributed by atoms with E-state index in [-0.39, 0.29) is 42.6 Å². The zero-order chi connectivity index (χ0) is 8.44. The van der Waals surface area contributed by atoms with Gasteiger partial charge in [0.1, 0.15) is 0 Å². The van der Waals surface area contributed by atoms with E-state index in [1.54, 1.807) is 0 Å². The van der Waals surface area contributed by atoms with Crippen LogP contribution in [0.2, 0.25) is 0 Å². The molecule has 1 aliphatic rings. The summed E-state index contributed by atoms with van der Waals surface area (Å²) in [5.41, 5.74) is 1.48. The van der Waals surface area contributed by atoms with Crippen molar-refractivity contribution in [3.63, 3.8) is 0 Å². The smallest absolute Gasteiger partial charge is 0.0475 e. The first kappa shape index (κ1) is 17.4. The molecule has 1 N–H and O–H groups in total. The van der Waals surface area contributed by atoms with Crippen LogP contribution in [-0.2, 0) is 5.41 Å². The molecule has 1 unspecified atom stereocenters. The fourth-order valence-corrected chi connectivity index (χ4v) is 1.76. The number of rotatable bonds is 1. The second kappa shape index (κ2) is 7.29. The molecule has 0 radical (unpaired) electrons. The molecule has 15 heavy (non-hydrogen) atoms. The van der Waals surface area contributed by atoms with Crippen molar-refractivity contribution in [2.24, 2.45) is 0 Å². The van der Waals surface area contributed by atoms with Crippen LogP contribution in [-0.4, -0.2) is 18.1 Å². The number of nitrogens with one attached hydrogen (secondary N) is 1. The molecule has 2 heterocycles. The average molecular weight is 272 g/mol. The minimum Gasteiger partial charge on any atom is -0.316 e. The van der Waals surface area contributed by atoms with Gasteiger partial charge < -0.3 is 5.32 Å². The van der Waals surface area contributed by atoms with E-state index in [2.05, 4.69) is 29.4 Å². The minimum absolute atomic E-state index is 0. The normalized spacial score (nSPS) is 23.3. The Hall–Kier alpha value is -0.0200. The van der Waals surface area contributed by atoms with E-state index in [0.29, 0.717) is 0 Å². The van der Waals surface area contributed by atoms with E-state index < -0.39 is 0 Å². The quantitative estimate of drug-likeness (QED) is 0.849. The predicted molar refractivity (Wildman–Crippen MR) is 70.8 cm³/mol. The standard InChI is InChI=1S/C10H14N2.3ClH/c1-10(5-7-11-8-10)9-4-2-3-6-12-9;;;/h2-4,6,11H,5,7-8H2,1H3;3*1H. The topological polar surface area (TPSA) is 24.9 Å². The molecule has 0 spiro atoms. The van der Waals surface area contributed by atoms with Crippen molar-refractivity contribution in [3.8, 4) is 0 Å². The van der Waals surface area contributed by atoms with Crippen LogP contribution in [0.3, 0.4) is 0 Å². The summed E-state index contributed by atoms with van der Waals surface area (Å²) in [4.78, 5) is 4.39. The van der Waals surface area contributed by atoms with Crippen LogP contribution >= 0.6 is 37.2 Å². The summed E-state index contributed by atoms with van der Waals surface area (Å²) in [5.74, 6) is 0. The largest absolute Gasteiger partial charge is 0.316 e. The Morgan fingerprint density at radius 3 is 2.47 bits per heavy atom. The number of halogens is 3. The van der Waals surface area contributed by atoms with Gasteiger partial charge in [0.2, 0.25) is 0 Å². The van der Waals surface area contributed by atoms with Gasteiger partial charge in [-0.25, -0.2) is 0 Å². The molecule has 1 fully saturated rings. The highest BCUT2D eigenvalue weighted by molar-refractivity contribution is 5.86. The van der Waals surface area contributed by atoms with E-state index in [0.717, 1.165) is 13.1 Å². The SMILES string of the molecule is CC1(c2ccccn2)CCNC1.Cl.Cl.Cl. The molecule has 0 bridgehead atoms. The lowest BCUT2D eigenvalue weighted by Gasteiger charge is -2.21. The Morgan fingerprint density at radius 1 is 1.27 bits per heavy atom. The molecule has 88 valence electrons. The number of aromatic nitrogens is 1. The van der Waals surface area contributed by atoms with Gasteiger partial charge in [-0.1, -0.05) is 13.0 Å². The molecule has 1 aromatic heterocycles. The first-order chi connectivity index (χ1) is 5.81. The number of hydrogen-bond donors (Lipinski definition) is 1. The summed E-state index contributed by atoms with van der Waals surface area (Å²) in [6.07, 6.45) is 3.07. The fourth-order valence-electron chi connectivity index (χ4n) is 1.76. The highest BCUT2D eigenvalue weighted by Crippen LogP contribution is 2.27. The maximum atomic E-state index is 4.39. The van der Waals surface area contributed by atoms with Crippen LogP contribution in [0, 0.1) is 0 Å². The second-order valence-electron chi connectivity index (χ2n) is 3.70. The van der Waals surface area contributed by atoms with Gasteiger partial charge in [-0.05, 0) is 25.1 Å². The van der Waals surface area contributed by atoms with E-state index in [1.165, 1.54) is 12.1 Å². The van der Waals surface area contributed by atoms with Gasteiger partial charge in [0.05, 0.1) is 0 Å². The lowest BCUT2D eigenvalue weighted by molar-refractivity contribution is 0.508. The summed E-state index contributed by atoms with van der Waals surface area (Å²) in [5, 5.41) is 3.37. The lowest BCUT2D eigenvalue weighted by atomic mass is 9.86. The molecule has 1 saturated heterocycles. The molecular formula is C10H17Cl3N2. The van der Waals surface area contributed by atoms with Gasteiger partial charge in [-0.3, -0.25) is 4.98 Å². The van der Waals surface area contributed by atoms with E-state index >= 15 is 0 Å². The summed E-state index contributed by atoms with van der Waals surface area (Å²) >= 11 is 0. The molecule has 5 heteroatoms. The van der Waals surface area contributed by atoms with Gasteiger partial charge in [0.25, 0.3) is 0 Å². The highest BCUT2D eigenvalue weighted by Gasteiger charge is 2.31. The molecular weight excluding hydrogens is 254 g/mol. The van der Waals surface area contributed by atoms with E-state index in [1.807, 2.05) is 12.3 Å². The van der Waals surface area contributed by atoms with Gasteiger partial charge in [0.15, 0.2) is 0 Å². The van der Waals surface area contributed by atoms with Crippen molar-refractivity contribution in [1.82, 2.24) is 10.3 Å². The predicted octanol–water partition coefficient (Wildman–Crippen LogP) is 2.60. The van der Waals surface area contributed by atoms with Gasteiger partial charge in [-0.15, -0.1) is 37.2 Å². The summed E-state index contributed by atoms with van der Waals surface area (Å²) in [6, 6.07) is 6.15. The van der Waals surface area contributed by atoms with Crippen LogP contribution in [0.5, 0.6) is 0 Å². The van der Waals surface area contributed by atoms with Crippen LogP contribution in [0.1, 0.15) is 19.0 Å². The molecule has 0 amide bonds. The van der Waals surface area contributed by atoms with Crippen molar-refractivity contribution in [3.05, 3.63) is 30.1 Å². The zero-order valence-corrected chi connectivity index (χ0v) is 11.1. The Bertz CT molecular complexity index is 261. The lowest BCUT2D eigenvalue weighted by Crippen LogP contribution is -2.25. The van der Waals surface area contributed by atoms with E-state index in [4.69, 9.17) is 0 Å². The molecule has 1 aromatic rings. The Kier molecular flexibility index (Phi) is 8.44. The van der Waals surface area contributed by atoms with Crippen molar-refractivity contribution in [2.45, 2.75) is 18.8 Å². The van der Waals surface area contributed by atoms with Gasteiger partial charge >= 0.3 is 0 Å². The zero-order valence-electron chi connectivity index (χ0n) is 8.60. The third kappa shape index (κ3) is 3.80. The van der Waals surface area contributed by atoms with Gasteiger partial charge in [-0.2, -0.15) is 0 Å². The first-order valence-electron chi connectivity index (χ1n) is 4.43. The van der Waals surface area contributed by atoms with Crippen molar-refractivity contribution in [2.75, 3.05) is 13.1 Å². The molecule has 1 atom stereocenters. The first-order valence-corrected chi connectivity index (χ1v) is 4.43. The average Bonchev–Trinajstić information content (AvgIpc) is 2.55. The molecule has 2 nitrogen and oxygen atoms in total. The fraction of sp³-hybridized carbons (Fsp3) is 0.500. The monoisotopic (exact) mass is 270 g/mol. The Labute approximate surface area is 109 Å². The summed E-state index contributed by atoms with van der Waals surface area (Å²) < 4.78 is 0. The van der Waals surface area contributed by atoms with Crippen LogP contribution < -0.4 is 5.32 Å². The Balaban J connectivity index is 0. The number of hydrogen-bond acceptors (Lipinski definition) is 2. The molecule has 2 rings (SSSR count). The number of nitrogens with zero attached hydrogens (tertiary/aromatic N) is 1. The van der Waals surface area contributed by atoms with Crippen LogP contribution in [0.25, 0.3) is 0 Å². The van der Waals surface area contributed by atoms with Crippen LogP contribution in [0.15, 0.2) is 24.4 Å². The molecule has 0 aromatic carbocycles. The maximum absolute atomic E-state index is 4.39. The number of pyridine rings is 1. The van der Waals surface area contributed by atoms with Crippen molar-refractivity contribution in [1.29, 1.82) is 0 Å². The van der Waals surface area contributed by atoms with Gasteiger partial charge in [0, 0.05) is 23.9 Å². The summed E-state index contributed by atoms with van der Waals surface area (Å²) in [7, 11) is 0. The Morgan fingerprint density at radius 2 is 2.00 bits per heavy atom. The summed E-state index contributed by atoms with van der Waals surface area (Å²) in [6.45, 7) is 4.45. The van der Waals surface area contributed by atoms with E-state index in [9.17, 15) is 0 Å². The minimum atomic E-state index is 0. The highest BCUT2D eigenvalue weighted by atomic mass is 35.5. The van der Waals surface area contributed by atoms with Crippen molar-refractivity contribution < 1.29 is 0 Å². The maximum Gasteiger partial charge on any atom is 0.0475 e. The molecule has 0 aliphatic carbocycles. The molecule has 0 saturated carbocycles. The third-order valence-corrected chi connectivity index (χ3v) is 2.65. The van der Waals surface area contributed by atoms with Crippen molar-refractivity contribution >= 4 is 37.2 Å². The third-order valence-electron chi connectivity index (χ3n) is 2.65. The second-order valence-corrected chi connectivity index (χ2v) is 3.70. The van der Waals surface area contributed by atoms with Crippen LogP contribution in [0.4, 0.5) is 0 Å².